The van der Waals surface area contributed by atoms with E-state index < -0.39 is 0 Å². The summed E-state index contributed by atoms with van der Waals surface area (Å²) in [4.78, 5) is 4.25. The van der Waals surface area contributed by atoms with Gasteiger partial charge in [0, 0.05) is 31.9 Å². The molecule has 3 rings (SSSR count). The summed E-state index contributed by atoms with van der Waals surface area (Å²) in [7, 11) is 0. The Hall–Kier alpha value is -0.870. The molecule has 2 heterocycles. The highest BCUT2D eigenvalue weighted by Crippen LogP contribution is 2.35. The minimum atomic E-state index is 0.695. The molecule has 2 fully saturated rings. The number of imidazole rings is 1. The van der Waals surface area contributed by atoms with Gasteiger partial charge in [0.05, 0.1) is 18.6 Å². The number of hydrogen-bond donors (Lipinski definition) is 1. The molecule has 0 amide bonds. The largest absolute Gasteiger partial charge is 0.381 e. The van der Waals surface area contributed by atoms with Crippen LogP contribution in [0.2, 0.25) is 0 Å². The molecule has 0 bridgehead atoms. The SMILES string of the molecule is c1ncn(C2CC2)c1CNCC1CCCOC1. The zero-order chi connectivity index (χ0) is 11.5. The van der Waals surface area contributed by atoms with E-state index in [0.717, 1.165) is 32.3 Å². The molecular weight excluding hydrogens is 214 g/mol. The van der Waals surface area contributed by atoms with E-state index in [-0.39, 0.29) is 0 Å². The van der Waals surface area contributed by atoms with Gasteiger partial charge in [-0.25, -0.2) is 4.98 Å². The third kappa shape index (κ3) is 2.87. The molecule has 4 nitrogen and oxygen atoms in total. The van der Waals surface area contributed by atoms with Crippen molar-refractivity contribution >= 4 is 0 Å². The van der Waals surface area contributed by atoms with Crippen molar-refractivity contribution in [2.75, 3.05) is 19.8 Å². The lowest BCUT2D eigenvalue weighted by atomic mass is 10.0. The van der Waals surface area contributed by atoms with E-state index in [1.54, 1.807) is 0 Å². The normalized spacial score (nSPS) is 25.1. The Labute approximate surface area is 102 Å². The van der Waals surface area contributed by atoms with Crippen LogP contribution in [0.5, 0.6) is 0 Å². The minimum absolute atomic E-state index is 0.695. The maximum absolute atomic E-state index is 5.48. The first-order valence-electron chi connectivity index (χ1n) is 6.72. The monoisotopic (exact) mass is 235 g/mol. The highest BCUT2D eigenvalue weighted by atomic mass is 16.5. The first-order chi connectivity index (χ1) is 8.43. The molecule has 1 aliphatic carbocycles. The molecule has 4 heteroatoms. The molecule has 1 unspecified atom stereocenters. The van der Waals surface area contributed by atoms with Crippen LogP contribution >= 0.6 is 0 Å². The Balaban J connectivity index is 1.45. The summed E-state index contributed by atoms with van der Waals surface area (Å²) in [6, 6.07) is 0.729. The first kappa shape index (κ1) is 11.2. The lowest BCUT2D eigenvalue weighted by Crippen LogP contribution is -2.29. The van der Waals surface area contributed by atoms with Gasteiger partial charge in [-0.1, -0.05) is 0 Å². The Morgan fingerprint density at radius 2 is 2.35 bits per heavy atom. The lowest BCUT2D eigenvalue weighted by Gasteiger charge is -2.22. The third-order valence-electron chi connectivity index (χ3n) is 3.68. The van der Waals surface area contributed by atoms with Crippen LogP contribution in [0.1, 0.15) is 37.4 Å². The topological polar surface area (TPSA) is 39.1 Å². The van der Waals surface area contributed by atoms with E-state index in [0.29, 0.717) is 5.92 Å². The predicted molar refractivity (Wildman–Crippen MR) is 65.7 cm³/mol. The molecule has 1 atom stereocenters. The Morgan fingerprint density at radius 1 is 1.41 bits per heavy atom. The summed E-state index contributed by atoms with van der Waals surface area (Å²) in [5, 5.41) is 3.54. The van der Waals surface area contributed by atoms with E-state index in [1.807, 2.05) is 12.5 Å². The molecule has 1 aromatic heterocycles. The second-order valence-electron chi connectivity index (χ2n) is 5.24. The number of nitrogens with one attached hydrogen (secondary N) is 1. The molecular formula is C13H21N3O. The summed E-state index contributed by atoms with van der Waals surface area (Å²) in [6.07, 6.45) is 9.11. The van der Waals surface area contributed by atoms with E-state index in [9.17, 15) is 0 Å². The average molecular weight is 235 g/mol. The van der Waals surface area contributed by atoms with Crippen molar-refractivity contribution in [1.82, 2.24) is 14.9 Å². The number of aromatic nitrogens is 2. The fourth-order valence-electron chi connectivity index (χ4n) is 2.52. The van der Waals surface area contributed by atoms with Crippen LogP contribution in [-0.2, 0) is 11.3 Å². The van der Waals surface area contributed by atoms with Gasteiger partial charge in [-0.05, 0) is 31.6 Å². The van der Waals surface area contributed by atoms with Crippen molar-refractivity contribution in [1.29, 1.82) is 0 Å². The van der Waals surface area contributed by atoms with Gasteiger partial charge in [0.2, 0.25) is 0 Å². The highest BCUT2D eigenvalue weighted by Gasteiger charge is 2.25. The number of hydrogen-bond acceptors (Lipinski definition) is 3. The molecule has 94 valence electrons. The van der Waals surface area contributed by atoms with Gasteiger partial charge in [0.15, 0.2) is 0 Å². The van der Waals surface area contributed by atoms with Gasteiger partial charge < -0.3 is 14.6 Å². The molecule has 1 aliphatic heterocycles. The zero-order valence-electron chi connectivity index (χ0n) is 10.3. The Bertz CT molecular complexity index is 353. The van der Waals surface area contributed by atoms with Crippen LogP contribution < -0.4 is 5.32 Å². The van der Waals surface area contributed by atoms with Gasteiger partial charge in [-0.3, -0.25) is 0 Å². The summed E-state index contributed by atoms with van der Waals surface area (Å²) in [5.74, 6) is 0.695. The Kier molecular flexibility index (Phi) is 3.43. The van der Waals surface area contributed by atoms with Gasteiger partial charge in [-0.2, -0.15) is 0 Å². The second kappa shape index (κ2) is 5.19. The minimum Gasteiger partial charge on any atom is -0.381 e. The molecule has 1 aromatic rings. The van der Waals surface area contributed by atoms with Crippen molar-refractivity contribution in [3.05, 3.63) is 18.2 Å². The van der Waals surface area contributed by atoms with Crippen molar-refractivity contribution < 1.29 is 4.74 Å². The molecule has 1 N–H and O–H groups in total. The van der Waals surface area contributed by atoms with E-state index in [2.05, 4.69) is 14.9 Å². The highest BCUT2D eigenvalue weighted by molar-refractivity contribution is 5.03. The van der Waals surface area contributed by atoms with Crippen LogP contribution in [0, 0.1) is 5.92 Å². The molecule has 0 spiro atoms. The van der Waals surface area contributed by atoms with Gasteiger partial charge >= 0.3 is 0 Å². The first-order valence-corrected chi connectivity index (χ1v) is 6.72. The van der Waals surface area contributed by atoms with Crippen molar-refractivity contribution in [2.24, 2.45) is 5.92 Å². The average Bonchev–Trinajstić information content (AvgIpc) is 3.11. The van der Waals surface area contributed by atoms with Crippen LogP contribution in [0.4, 0.5) is 0 Å². The fraction of sp³-hybridized carbons (Fsp3) is 0.769. The van der Waals surface area contributed by atoms with Crippen LogP contribution in [0.25, 0.3) is 0 Å². The molecule has 17 heavy (non-hydrogen) atoms. The van der Waals surface area contributed by atoms with Gasteiger partial charge in [0.25, 0.3) is 0 Å². The molecule has 1 saturated carbocycles. The van der Waals surface area contributed by atoms with Crippen molar-refractivity contribution in [3.8, 4) is 0 Å². The van der Waals surface area contributed by atoms with Crippen molar-refractivity contribution in [3.63, 3.8) is 0 Å². The summed E-state index contributed by atoms with van der Waals surface area (Å²) in [6.45, 7) is 3.88. The van der Waals surface area contributed by atoms with E-state index in [4.69, 9.17) is 4.74 Å². The molecule has 1 saturated heterocycles. The van der Waals surface area contributed by atoms with Gasteiger partial charge in [0.1, 0.15) is 0 Å². The number of rotatable bonds is 5. The maximum atomic E-state index is 5.48. The lowest BCUT2D eigenvalue weighted by molar-refractivity contribution is 0.0547. The smallest absolute Gasteiger partial charge is 0.0951 e. The second-order valence-corrected chi connectivity index (χ2v) is 5.24. The van der Waals surface area contributed by atoms with Crippen LogP contribution in [0.15, 0.2) is 12.5 Å². The van der Waals surface area contributed by atoms with E-state index >= 15 is 0 Å². The van der Waals surface area contributed by atoms with Crippen molar-refractivity contribution in [2.45, 2.75) is 38.3 Å². The van der Waals surface area contributed by atoms with Gasteiger partial charge in [-0.15, -0.1) is 0 Å². The summed E-state index contributed by atoms with van der Waals surface area (Å²) in [5.41, 5.74) is 1.32. The fourth-order valence-corrected chi connectivity index (χ4v) is 2.52. The Morgan fingerprint density at radius 3 is 3.12 bits per heavy atom. The van der Waals surface area contributed by atoms with Crippen LogP contribution in [0.3, 0.4) is 0 Å². The molecule has 0 aromatic carbocycles. The zero-order valence-corrected chi connectivity index (χ0v) is 10.3. The quantitative estimate of drug-likeness (QED) is 0.845. The number of ether oxygens (including phenoxy) is 1. The number of nitrogens with zero attached hydrogens (tertiary/aromatic N) is 2. The maximum Gasteiger partial charge on any atom is 0.0951 e. The van der Waals surface area contributed by atoms with E-state index in [1.165, 1.54) is 31.4 Å². The summed E-state index contributed by atoms with van der Waals surface area (Å²) >= 11 is 0. The predicted octanol–water partition coefficient (Wildman–Crippen LogP) is 1.73. The molecule has 2 aliphatic rings. The van der Waals surface area contributed by atoms with Crippen LogP contribution in [-0.4, -0.2) is 29.3 Å². The standard InChI is InChI=1S/C13H21N3O/c1-2-11(9-17-5-1)6-14-7-13-8-15-10-16(13)12-3-4-12/h8,10-12,14H,1-7,9H2. The molecule has 0 radical (unpaired) electrons. The third-order valence-corrected chi connectivity index (χ3v) is 3.68. The summed E-state index contributed by atoms with van der Waals surface area (Å²) < 4.78 is 7.81.